The Labute approximate surface area is 153 Å². The van der Waals surface area contributed by atoms with Crippen LogP contribution >= 0.6 is 11.3 Å². The van der Waals surface area contributed by atoms with Crippen LogP contribution in [0.4, 0.5) is 5.69 Å². The van der Waals surface area contributed by atoms with Gasteiger partial charge in [-0.15, -0.1) is 11.3 Å². The summed E-state index contributed by atoms with van der Waals surface area (Å²) < 4.78 is 6.54. The first-order valence-corrected chi connectivity index (χ1v) is 8.61. The van der Waals surface area contributed by atoms with Gasteiger partial charge in [-0.05, 0) is 13.8 Å². The molecule has 0 fully saturated rings. The second kappa shape index (κ2) is 7.44. The topological polar surface area (TPSA) is 100 Å². The van der Waals surface area contributed by atoms with Crippen molar-refractivity contribution in [2.45, 2.75) is 27.0 Å². The Morgan fingerprint density at radius 3 is 2.69 bits per heavy atom. The number of hydrogen-bond donors (Lipinski definition) is 0. The molecule has 0 atom stereocenters. The summed E-state index contributed by atoms with van der Waals surface area (Å²) in [6, 6.07) is 9.73. The second-order valence-corrected chi connectivity index (χ2v) is 6.71. The zero-order valence-corrected chi connectivity index (χ0v) is 15.0. The first-order chi connectivity index (χ1) is 12.5. The third-order valence-electron chi connectivity index (χ3n) is 3.75. The van der Waals surface area contributed by atoms with Crippen LogP contribution in [-0.4, -0.2) is 25.7 Å². The minimum atomic E-state index is -0.514. The number of nitro groups is 1. The summed E-state index contributed by atoms with van der Waals surface area (Å²) >= 11 is 1.45. The standard InChI is InChI=1S/C17H16N4O4S/c1-11-16(21(23)24)12(2)20(19-11)9-15(22)25-10-14-8-18-17(26-14)13-6-4-3-5-7-13/h3-8H,9-10H2,1-2H3. The normalized spacial score (nSPS) is 10.7. The molecule has 3 aromatic rings. The van der Waals surface area contributed by atoms with Crippen molar-refractivity contribution in [2.24, 2.45) is 0 Å². The molecule has 0 aliphatic heterocycles. The van der Waals surface area contributed by atoms with Crippen LogP contribution in [0.25, 0.3) is 10.6 Å². The number of thiazole rings is 1. The molecule has 0 saturated carbocycles. The zero-order valence-electron chi connectivity index (χ0n) is 14.2. The van der Waals surface area contributed by atoms with Gasteiger partial charge in [0, 0.05) is 11.8 Å². The molecule has 0 spiro atoms. The zero-order chi connectivity index (χ0) is 18.7. The number of esters is 1. The lowest BCUT2D eigenvalue weighted by molar-refractivity contribution is -0.386. The number of nitrogens with zero attached hydrogens (tertiary/aromatic N) is 4. The summed E-state index contributed by atoms with van der Waals surface area (Å²) in [5.74, 6) is -0.514. The molecular weight excluding hydrogens is 356 g/mol. The van der Waals surface area contributed by atoms with Gasteiger partial charge in [0.1, 0.15) is 29.5 Å². The smallest absolute Gasteiger partial charge is 0.328 e. The van der Waals surface area contributed by atoms with E-state index in [-0.39, 0.29) is 24.5 Å². The molecule has 1 aromatic carbocycles. The molecule has 8 nitrogen and oxygen atoms in total. The van der Waals surface area contributed by atoms with E-state index in [4.69, 9.17) is 4.74 Å². The minimum Gasteiger partial charge on any atom is -0.459 e. The molecule has 0 amide bonds. The predicted octanol–water partition coefficient (Wildman–Crippen LogP) is 3.28. The highest BCUT2D eigenvalue weighted by atomic mass is 32.1. The maximum Gasteiger partial charge on any atom is 0.328 e. The summed E-state index contributed by atoms with van der Waals surface area (Å²) in [6.07, 6.45) is 1.68. The Morgan fingerprint density at radius 1 is 1.31 bits per heavy atom. The van der Waals surface area contributed by atoms with Crippen molar-refractivity contribution in [2.75, 3.05) is 0 Å². The van der Waals surface area contributed by atoms with Crippen molar-refractivity contribution in [1.82, 2.24) is 14.8 Å². The fraction of sp³-hybridized carbons (Fsp3) is 0.235. The number of aryl methyl sites for hydroxylation is 1. The molecule has 0 aliphatic rings. The van der Waals surface area contributed by atoms with E-state index >= 15 is 0 Å². The van der Waals surface area contributed by atoms with E-state index in [1.165, 1.54) is 22.9 Å². The number of aromatic nitrogens is 3. The fourth-order valence-electron chi connectivity index (χ4n) is 2.51. The van der Waals surface area contributed by atoms with Crippen molar-refractivity contribution in [3.8, 4) is 10.6 Å². The number of carbonyl (C=O) groups is 1. The lowest BCUT2D eigenvalue weighted by atomic mass is 10.2. The molecule has 2 heterocycles. The maximum absolute atomic E-state index is 12.0. The van der Waals surface area contributed by atoms with Gasteiger partial charge in [0.2, 0.25) is 0 Å². The molecule has 0 saturated heterocycles. The Bertz CT molecular complexity index is 949. The molecule has 134 valence electrons. The van der Waals surface area contributed by atoms with Crippen molar-refractivity contribution < 1.29 is 14.5 Å². The third kappa shape index (κ3) is 3.77. The largest absolute Gasteiger partial charge is 0.459 e. The van der Waals surface area contributed by atoms with Crippen LogP contribution in [0.1, 0.15) is 16.3 Å². The van der Waals surface area contributed by atoms with Crippen molar-refractivity contribution >= 4 is 23.0 Å². The first kappa shape index (κ1) is 17.7. The number of rotatable bonds is 6. The van der Waals surface area contributed by atoms with E-state index < -0.39 is 10.9 Å². The van der Waals surface area contributed by atoms with Crippen LogP contribution in [-0.2, 0) is 22.7 Å². The van der Waals surface area contributed by atoms with Crippen LogP contribution < -0.4 is 0 Å². The van der Waals surface area contributed by atoms with Gasteiger partial charge in [0.05, 0.1) is 9.80 Å². The van der Waals surface area contributed by atoms with Crippen LogP contribution in [0, 0.1) is 24.0 Å². The van der Waals surface area contributed by atoms with E-state index in [0.717, 1.165) is 15.4 Å². The number of carbonyl (C=O) groups excluding carboxylic acids is 1. The van der Waals surface area contributed by atoms with Crippen LogP contribution in [0.3, 0.4) is 0 Å². The summed E-state index contributed by atoms with van der Waals surface area (Å²) in [5, 5.41) is 15.9. The van der Waals surface area contributed by atoms with E-state index in [9.17, 15) is 14.9 Å². The second-order valence-electron chi connectivity index (χ2n) is 5.59. The van der Waals surface area contributed by atoms with Gasteiger partial charge in [-0.3, -0.25) is 19.6 Å². The first-order valence-electron chi connectivity index (χ1n) is 7.80. The van der Waals surface area contributed by atoms with Crippen molar-refractivity contribution in [3.63, 3.8) is 0 Å². The lowest BCUT2D eigenvalue weighted by Crippen LogP contribution is -2.15. The molecule has 0 aliphatic carbocycles. The van der Waals surface area contributed by atoms with Gasteiger partial charge in [-0.1, -0.05) is 30.3 Å². The highest BCUT2D eigenvalue weighted by Crippen LogP contribution is 2.25. The molecule has 0 N–H and O–H groups in total. The number of ether oxygens (including phenoxy) is 1. The van der Waals surface area contributed by atoms with Crippen LogP contribution in [0.2, 0.25) is 0 Å². The SMILES string of the molecule is Cc1nn(CC(=O)OCc2cnc(-c3ccccc3)s2)c(C)c1[N+](=O)[O-]. The molecule has 3 rings (SSSR count). The van der Waals surface area contributed by atoms with Gasteiger partial charge in [-0.2, -0.15) is 5.10 Å². The Hall–Kier alpha value is -3.07. The molecule has 2 aromatic heterocycles. The Kier molecular flexibility index (Phi) is 5.08. The van der Waals surface area contributed by atoms with Gasteiger partial charge in [-0.25, -0.2) is 4.98 Å². The van der Waals surface area contributed by atoms with E-state index in [0.29, 0.717) is 5.69 Å². The minimum absolute atomic E-state index is 0.0761. The number of benzene rings is 1. The predicted molar refractivity (Wildman–Crippen MR) is 95.7 cm³/mol. The van der Waals surface area contributed by atoms with E-state index in [1.54, 1.807) is 13.1 Å². The third-order valence-corrected chi connectivity index (χ3v) is 4.77. The summed E-state index contributed by atoms with van der Waals surface area (Å²) in [7, 11) is 0. The van der Waals surface area contributed by atoms with Crippen molar-refractivity contribution in [3.05, 3.63) is 62.9 Å². The van der Waals surface area contributed by atoms with Crippen LogP contribution in [0.15, 0.2) is 36.5 Å². The average Bonchev–Trinajstić information content (AvgIpc) is 3.19. The quantitative estimate of drug-likeness (QED) is 0.374. The monoisotopic (exact) mass is 372 g/mol. The highest BCUT2D eigenvalue weighted by Gasteiger charge is 2.23. The molecular formula is C17H16N4O4S. The van der Waals surface area contributed by atoms with E-state index in [2.05, 4.69) is 10.1 Å². The fourth-order valence-corrected chi connectivity index (χ4v) is 3.34. The highest BCUT2D eigenvalue weighted by molar-refractivity contribution is 7.15. The molecule has 0 bridgehead atoms. The lowest BCUT2D eigenvalue weighted by Gasteiger charge is -2.04. The van der Waals surface area contributed by atoms with Crippen molar-refractivity contribution in [1.29, 1.82) is 0 Å². The van der Waals surface area contributed by atoms with E-state index in [1.807, 2.05) is 30.3 Å². The van der Waals surface area contributed by atoms with Gasteiger partial charge < -0.3 is 4.74 Å². The molecule has 0 unspecified atom stereocenters. The maximum atomic E-state index is 12.0. The average molecular weight is 372 g/mol. The number of hydrogen-bond acceptors (Lipinski definition) is 7. The molecule has 26 heavy (non-hydrogen) atoms. The molecule has 9 heteroatoms. The Balaban J connectivity index is 1.61. The summed E-state index contributed by atoms with van der Waals surface area (Å²) in [5.41, 5.74) is 1.53. The summed E-state index contributed by atoms with van der Waals surface area (Å²) in [4.78, 5) is 27.7. The van der Waals surface area contributed by atoms with Gasteiger partial charge in [0.25, 0.3) is 0 Å². The van der Waals surface area contributed by atoms with Gasteiger partial charge >= 0.3 is 11.7 Å². The van der Waals surface area contributed by atoms with Crippen LogP contribution in [0.5, 0.6) is 0 Å². The Morgan fingerprint density at radius 2 is 2.04 bits per heavy atom. The summed E-state index contributed by atoms with van der Waals surface area (Å²) in [6.45, 7) is 3.02. The molecule has 0 radical (unpaired) electrons. The van der Waals surface area contributed by atoms with Gasteiger partial charge in [0.15, 0.2) is 0 Å².